The molecule has 104 valence electrons. The van der Waals surface area contributed by atoms with Crippen LogP contribution in [0.4, 0.5) is 0 Å². The molecule has 0 aliphatic heterocycles. The quantitative estimate of drug-likeness (QED) is 0.871. The highest BCUT2D eigenvalue weighted by Crippen LogP contribution is 2.41. The standard InChI is InChI=1S/C17H25NO/c1-19-16-9-5-8-15(12-16)18-17(14-10-11-14)13-6-3-2-4-7-13/h2-4,6-7,14-18H,5,8-12H2,1H3. The van der Waals surface area contributed by atoms with Gasteiger partial charge in [-0.05, 0) is 50.0 Å². The summed E-state index contributed by atoms with van der Waals surface area (Å²) < 4.78 is 5.54. The Morgan fingerprint density at radius 1 is 1.11 bits per heavy atom. The summed E-state index contributed by atoms with van der Waals surface area (Å²) in [5.41, 5.74) is 1.46. The van der Waals surface area contributed by atoms with Crippen LogP contribution in [0.3, 0.4) is 0 Å². The molecule has 0 aromatic heterocycles. The maximum atomic E-state index is 5.54. The molecule has 0 amide bonds. The highest BCUT2D eigenvalue weighted by molar-refractivity contribution is 5.21. The lowest BCUT2D eigenvalue weighted by Gasteiger charge is -2.32. The van der Waals surface area contributed by atoms with Crippen LogP contribution in [-0.2, 0) is 4.74 Å². The Bertz CT molecular complexity index is 388. The maximum absolute atomic E-state index is 5.54. The van der Waals surface area contributed by atoms with E-state index in [9.17, 15) is 0 Å². The van der Waals surface area contributed by atoms with Crippen LogP contribution in [0.25, 0.3) is 0 Å². The molecule has 1 N–H and O–H groups in total. The first kappa shape index (κ1) is 13.1. The van der Waals surface area contributed by atoms with Crippen LogP contribution in [0.2, 0.25) is 0 Å². The monoisotopic (exact) mass is 259 g/mol. The number of hydrogen-bond acceptors (Lipinski definition) is 2. The second kappa shape index (κ2) is 6.06. The Kier molecular flexibility index (Phi) is 4.19. The van der Waals surface area contributed by atoms with Crippen molar-refractivity contribution in [1.82, 2.24) is 5.32 Å². The zero-order chi connectivity index (χ0) is 13.1. The molecule has 0 spiro atoms. The molecule has 0 saturated heterocycles. The van der Waals surface area contributed by atoms with E-state index in [1.807, 2.05) is 7.11 Å². The summed E-state index contributed by atoms with van der Waals surface area (Å²) in [5, 5.41) is 3.92. The van der Waals surface area contributed by atoms with Gasteiger partial charge in [0.05, 0.1) is 6.10 Å². The topological polar surface area (TPSA) is 21.3 Å². The van der Waals surface area contributed by atoms with E-state index < -0.39 is 0 Å². The third-order valence-electron chi connectivity index (χ3n) is 4.63. The maximum Gasteiger partial charge on any atom is 0.0586 e. The number of hydrogen-bond donors (Lipinski definition) is 1. The fourth-order valence-electron chi connectivity index (χ4n) is 3.36. The second-order valence-electron chi connectivity index (χ2n) is 6.11. The first-order chi connectivity index (χ1) is 9.36. The van der Waals surface area contributed by atoms with E-state index in [-0.39, 0.29) is 0 Å². The molecule has 1 aromatic carbocycles. The van der Waals surface area contributed by atoms with E-state index in [1.54, 1.807) is 0 Å². The summed E-state index contributed by atoms with van der Waals surface area (Å²) in [6.45, 7) is 0. The number of nitrogens with one attached hydrogen (secondary N) is 1. The van der Waals surface area contributed by atoms with Crippen molar-refractivity contribution in [2.75, 3.05) is 7.11 Å². The number of benzene rings is 1. The van der Waals surface area contributed by atoms with Gasteiger partial charge in [0.1, 0.15) is 0 Å². The van der Waals surface area contributed by atoms with Crippen molar-refractivity contribution in [2.24, 2.45) is 5.92 Å². The normalized spacial score (nSPS) is 29.1. The number of rotatable bonds is 5. The lowest BCUT2D eigenvalue weighted by Crippen LogP contribution is -2.39. The second-order valence-corrected chi connectivity index (χ2v) is 6.11. The fourth-order valence-corrected chi connectivity index (χ4v) is 3.36. The summed E-state index contributed by atoms with van der Waals surface area (Å²) in [7, 11) is 1.85. The van der Waals surface area contributed by atoms with E-state index >= 15 is 0 Å². The summed E-state index contributed by atoms with van der Waals surface area (Å²) >= 11 is 0. The Morgan fingerprint density at radius 2 is 1.89 bits per heavy atom. The van der Waals surface area contributed by atoms with Gasteiger partial charge in [0, 0.05) is 19.2 Å². The highest BCUT2D eigenvalue weighted by Gasteiger charge is 2.34. The van der Waals surface area contributed by atoms with Crippen LogP contribution in [-0.4, -0.2) is 19.3 Å². The van der Waals surface area contributed by atoms with Gasteiger partial charge in [-0.2, -0.15) is 0 Å². The molecule has 1 aromatic rings. The van der Waals surface area contributed by atoms with E-state index in [4.69, 9.17) is 4.74 Å². The molecule has 2 nitrogen and oxygen atoms in total. The molecular formula is C17H25NO. The third kappa shape index (κ3) is 3.37. The summed E-state index contributed by atoms with van der Waals surface area (Å²) in [6, 6.07) is 12.1. The molecule has 2 heteroatoms. The Hall–Kier alpha value is -0.860. The molecule has 3 atom stereocenters. The van der Waals surface area contributed by atoms with Crippen molar-refractivity contribution in [3.05, 3.63) is 35.9 Å². The van der Waals surface area contributed by atoms with Gasteiger partial charge in [0.25, 0.3) is 0 Å². The molecule has 0 heterocycles. The van der Waals surface area contributed by atoms with Gasteiger partial charge in [-0.25, -0.2) is 0 Å². The van der Waals surface area contributed by atoms with Crippen LogP contribution >= 0.6 is 0 Å². The van der Waals surface area contributed by atoms with E-state index in [2.05, 4.69) is 35.6 Å². The fraction of sp³-hybridized carbons (Fsp3) is 0.647. The van der Waals surface area contributed by atoms with Gasteiger partial charge in [-0.1, -0.05) is 30.3 Å². The smallest absolute Gasteiger partial charge is 0.0586 e. The largest absolute Gasteiger partial charge is 0.381 e. The average Bonchev–Trinajstić information content (AvgIpc) is 3.30. The van der Waals surface area contributed by atoms with E-state index in [0.717, 1.165) is 5.92 Å². The van der Waals surface area contributed by atoms with E-state index in [1.165, 1.54) is 44.1 Å². The molecule has 2 aliphatic rings. The van der Waals surface area contributed by atoms with Gasteiger partial charge in [0.2, 0.25) is 0 Å². The van der Waals surface area contributed by atoms with Crippen LogP contribution < -0.4 is 5.32 Å². The Labute approximate surface area is 116 Å². The molecule has 0 bridgehead atoms. The van der Waals surface area contributed by atoms with Crippen molar-refractivity contribution >= 4 is 0 Å². The molecule has 3 rings (SSSR count). The lowest BCUT2D eigenvalue weighted by atomic mass is 9.91. The van der Waals surface area contributed by atoms with Crippen molar-refractivity contribution in [1.29, 1.82) is 0 Å². The van der Waals surface area contributed by atoms with Gasteiger partial charge in [0.15, 0.2) is 0 Å². The molecule has 2 fully saturated rings. The molecule has 2 saturated carbocycles. The first-order valence-electron chi connectivity index (χ1n) is 7.70. The van der Waals surface area contributed by atoms with Crippen LogP contribution in [0.5, 0.6) is 0 Å². The highest BCUT2D eigenvalue weighted by atomic mass is 16.5. The van der Waals surface area contributed by atoms with Crippen molar-refractivity contribution in [2.45, 2.75) is 56.7 Å². The zero-order valence-corrected chi connectivity index (χ0v) is 11.8. The lowest BCUT2D eigenvalue weighted by molar-refractivity contribution is 0.0563. The summed E-state index contributed by atoms with van der Waals surface area (Å²) in [4.78, 5) is 0. The molecule has 19 heavy (non-hydrogen) atoms. The van der Waals surface area contributed by atoms with Gasteiger partial charge >= 0.3 is 0 Å². The van der Waals surface area contributed by atoms with Crippen molar-refractivity contribution < 1.29 is 4.74 Å². The van der Waals surface area contributed by atoms with Crippen LogP contribution in [0, 0.1) is 5.92 Å². The van der Waals surface area contributed by atoms with Crippen LogP contribution in [0.15, 0.2) is 30.3 Å². The predicted molar refractivity (Wildman–Crippen MR) is 78.1 cm³/mol. The van der Waals surface area contributed by atoms with Crippen LogP contribution in [0.1, 0.15) is 50.1 Å². The minimum Gasteiger partial charge on any atom is -0.381 e. The van der Waals surface area contributed by atoms with E-state index in [0.29, 0.717) is 18.2 Å². The number of methoxy groups -OCH3 is 1. The molecule has 3 unspecified atom stereocenters. The van der Waals surface area contributed by atoms with Crippen molar-refractivity contribution in [3.8, 4) is 0 Å². The Morgan fingerprint density at radius 3 is 2.58 bits per heavy atom. The first-order valence-corrected chi connectivity index (χ1v) is 7.70. The third-order valence-corrected chi connectivity index (χ3v) is 4.63. The van der Waals surface area contributed by atoms with Crippen molar-refractivity contribution in [3.63, 3.8) is 0 Å². The predicted octanol–water partition coefficient (Wildman–Crippen LogP) is 3.68. The molecule has 2 aliphatic carbocycles. The van der Waals surface area contributed by atoms with Gasteiger partial charge in [-0.3, -0.25) is 0 Å². The molecular weight excluding hydrogens is 234 g/mol. The minimum absolute atomic E-state index is 0.460. The van der Waals surface area contributed by atoms with Gasteiger partial charge in [-0.15, -0.1) is 0 Å². The number of ether oxygens (including phenoxy) is 1. The average molecular weight is 259 g/mol. The zero-order valence-electron chi connectivity index (χ0n) is 11.8. The summed E-state index contributed by atoms with van der Waals surface area (Å²) in [5.74, 6) is 0.852. The Balaban J connectivity index is 1.65. The SMILES string of the molecule is COC1CCCC(NC(c2ccccc2)C2CC2)C1. The molecule has 0 radical (unpaired) electrons. The minimum atomic E-state index is 0.460. The summed E-state index contributed by atoms with van der Waals surface area (Å²) in [6.07, 6.45) is 8.22. The van der Waals surface area contributed by atoms with Gasteiger partial charge < -0.3 is 10.1 Å².